The molecular weight excluding hydrogens is 643 g/mol. The van der Waals surface area contributed by atoms with Gasteiger partial charge in [-0.3, -0.25) is 13.9 Å². The Kier molecular flexibility index (Phi) is 13.5. The van der Waals surface area contributed by atoms with Gasteiger partial charge in [-0.15, -0.1) is 11.8 Å². The molecule has 0 radical (unpaired) electrons. The summed E-state index contributed by atoms with van der Waals surface area (Å²) in [5.74, 6) is -0.468. The summed E-state index contributed by atoms with van der Waals surface area (Å²) >= 11 is 1.50. The van der Waals surface area contributed by atoms with Crippen LogP contribution in [-0.2, 0) is 32.6 Å². The smallest absolute Gasteiger partial charge is 0.264 e. The van der Waals surface area contributed by atoms with Crippen molar-refractivity contribution in [3.63, 3.8) is 0 Å². The molecule has 1 atom stereocenters. The Hall–Kier alpha value is -4.28. The third kappa shape index (κ3) is 9.64. The van der Waals surface area contributed by atoms with Crippen molar-refractivity contribution in [1.29, 1.82) is 0 Å². The van der Waals surface area contributed by atoms with Crippen molar-refractivity contribution >= 4 is 39.3 Å². The van der Waals surface area contributed by atoms with E-state index in [4.69, 9.17) is 4.74 Å². The highest BCUT2D eigenvalue weighted by atomic mass is 32.2. The molecule has 48 heavy (non-hydrogen) atoms. The number of para-hydroxylation sites is 2. The van der Waals surface area contributed by atoms with Crippen molar-refractivity contribution in [2.45, 2.75) is 62.4 Å². The number of benzene rings is 4. The van der Waals surface area contributed by atoms with Gasteiger partial charge < -0.3 is 15.0 Å². The minimum absolute atomic E-state index is 0.0442. The molecule has 10 heteroatoms. The van der Waals surface area contributed by atoms with E-state index in [1.807, 2.05) is 81.6 Å². The summed E-state index contributed by atoms with van der Waals surface area (Å²) in [5, 5.41) is 3.03. The van der Waals surface area contributed by atoms with Gasteiger partial charge in [0.25, 0.3) is 10.0 Å². The summed E-state index contributed by atoms with van der Waals surface area (Å²) in [5.41, 5.74) is 2.97. The summed E-state index contributed by atoms with van der Waals surface area (Å²) in [6.07, 6.45) is 3.87. The van der Waals surface area contributed by atoms with Crippen LogP contribution in [-0.4, -0.2) is 57.1 Å². The number of hydrogen-bond acceptors (Lipinski definition) is 6. The minimum atomic E-state index is -4.25. The SMILES string of the molecule is CCCCNC(=O)C(Cc1ccccc1)N(Cc1cccc(C)c1)C(=O)CN(c1ccccc1OCC)S(=O)(=O)c1ccc(SC)cc1. The molecule has 1 N–H and O–H groups in total. The van der Waals surface area contributed by atoms with Crippen molar-refractivity contribution in [1.82, 2.24) is 10.2 Å². The number of rotatable bonds is 17. The molecule has 0 aliphatic carbocycles. The van der Waals surface area contributed by atoms with Crippen molar-refractivity contribution < 1.29 is 22.7 Å². The van der Waals surface area contributed by atoms with Gasteiger partial charge in [0.15, 0.2) is 0 Å². The second-order valence-electron chi connectivity index (χ2n) is 11.4. The maximum atomic E-state index is 14.7. The lowest BCUT2D eigenvalue weighted by atomic mass is 10.0. The number of hydrogen-bond donors (Lipinski definition) is 1. The molecule has 0 aliphatic rings. The number of amides is 2. The third-order valence-corrected chi connectivity index (χ3v) is 10.4. The van der Waals surface area contributed by atoms with Crippen molar-refractivity contribution in [2.75, 3.05) is 30.3 Å². The molecule has 254 valence electrons. The van der Waals surface area contributed by atoms with Crippen molar-refractivity contribution in [3.05, 3.63) is 120 Å². The van der Waals surface area contributed by atoms with Crippen LogP contribution in [0.25, 0.3) is 0 Å². The predicted octanol–water partition coefficient (Wildman–Crippen LogP) is 6.87. The van der Waals surface area contributed by atoms with E-state index < -0.39 is 28.5 Å². The molecule has 1 unspecified atom stereocenters. The number of ether oxygens (including phenoxy) is 1. The van der Waals surface area contributed by atoms with E-state index in [0.717, 1.165) is 38.7 Å². The number of aryl methyl sites for hydroxylation is 1. The van der Waals surface area contributed by atoms with E-state index in [2.05, 4.69) is 5.32 Å². The molecule has 0 fully saturated rings. The molecule has 8 nitrogen and oxygen atoms in total. The Morgan fingerprint density at radius 2 is 1.56 bits per heavy atom. The maximum Gasteiger partial charge on any atom is 0.264 e. The molecule has 4 aromatic rings. The van der Waals surface area contributed by atoms with E-state index in [0.29, 0.717) is 18.9 Å². The van der Waals surface area contributed by atoms with Gasteiger partial charge in [0.2, 0.25) is 11.8 Å². The molecule has 2 amide bonds. The molecule has 0 spiro atoms. The van der Waals surface area contributed by atoms with Crippen molar-refractivity contribution in [2.24, 2.45) is 0 Å². The lowest BCUT2D eigenvalue weighted by Gasteiger charge is -2.34. The fraction of sp³-hybridized carbons (Fsp3) is 0.316. The summed E-state index contributed by atoms with van der Waals surface area (Å²) in [6.45, 7) is 6.18. The van der Waals surface area contributed by atoms with Gasteiger partial charge in [-0.05, 0) is 74.0 Å². The first-order chi connectivity index (χ1) is 23.2. The van der Waals surface area contributed by atoms with Gasteiger partial charge in [0.05, 0.1) is 17.2 Å². The Morgan fingerprint density at radius 1 is 0.875 bits per heavy atom. The van der Waals surface area contributed by atoms with Crippen LogP contribution in [0.1, 0.15) is 43.4 Å². The normalized spacial score (nSPS) is 11.8. The summed E-state index contributed by atoms with van der Waals surface area (Å²) in [7, 11) is -4.25. The predicted molar refractivity (Wildman–Crippen MR) is 194 cm³/mol. The molecular formula is C38H45N3O5S2. The second-order valence-corrected chi connectivity index (χ2v) is 14.2. The second kappa shape index (κ2) is 17.8. The van der Waals surface area contributed by atoms with Crippen molar-refractivity contribution in [3.8, 4) is 5.75 Å². The molecule has 0 aliphatic heterocycles. The largest absolute Gasteiger partial charge is 0.492 e. The topological polar surface area (TPSA) is 96.0 Å². The van der Waals surface area contributed by atoms with Gasteiger partial charge in [0.1, 0.15) is 18.3 Å². The molecule has 0 aromatic heterocycles. The zero-order chi connectivity index (χ0) is 34.5. The first-order valence-electron chi connectivity index (χ1n) is 16.2. The fourth-order valence-corrected chi connectivity index (χ4v) is 7.23. The Bertz CT molecular complexity index is 1750. The van der Waals surface area contributed by atoms with Crippen LogP contribution in [0, 0.1) is 6.92 Å². The Balaban J connectivity index is 1.83. The zero-order valence-electron chi connectivity index (χ0n) is 28.1. The van der Waals surface area contributed by atoms with Crippen LogP contribution in [0.3, 0.4) is 0 Å². The monoisotopic (exact) mass is 687 g/mol. The molecule has 0 bridgehead atoms. The van der Waals surface area contributed by atoms with Gasteiger partial charge in [-0.2, -0.15) is 0 Å². The number of anilines is 1. The summed E-state index contributed by atoms with van der Waals surface area (Å²) in [6, 6.07) is 29.8. The quantitative estimate of drug-likeness (QED) is 0.0962. The number of sulfonamides is 1. The average molecular weight is 688 g/mol. The zero-order valence-corrected chi connectivity index (χ0v) is 29.7. The third-order valence-electron chi connectivity index (χ3n) is 7.90. The van der Waals surface area contributed by atoms with E-state index in [9.17, 15) is 18.0 Å². The summed E-state index contributed by atoms with van der Waals surface area (Å²) < 4.78 is 35.8. The lowest BCUT2D eigenvalue weighted by Crippen LogP contribution is -2.53. The van der Waals surface area contributed by atoms with E-state index in [1.165, 1.54) is 16.7 Å². The Morgan fingerprint density at radius 3 is 2.23 bits per heavy atom. The number of nitrogens with one attached hydrogen (secondary N) is 1. The Labute approximate surface area is 289 Å². The van der Waals surface area contributed by atoms with E-state index in [-0.39, 0.29) is 29.5 Å². The number of carbonyl (C=O) groups excluding carboxylic acids is 2. The highest BCUT2D eigenvalue weighted by Crippen LogP contribution is 2.33. The number of unbranched alkanes of at least 4 members (excludes halogenated alkanes) is 1. The first kappa shape index (κ1) is 36.6. The van der Waals surface area contributed by atoms with Gasteiger partial charge in [-0.25, -0.2) is 8.42 Å². The lowest BCUT2D eigenvalue weighted by molar-refractivity contribution is -0.140. The van der Waals surface area contributed by atoms with Gasteiger partial charge in [0, 0.05) is 24.4 Å². The first-order valence-corrected chi connectivity index (χ1v) is 18.9. The molecule has 0 saturated heterocycles. The fourth-order valence-electron chi connectivity index (χ4n) is 5.40. The van der Waals surface area contributed by atoms with E-state index in [1.54, 1.807) is 48.5 Å². The standard InChI is InChI=1S/C38H45N3O5S2/c1-5-7-24-39-38(43)35(26-30-15-9-8-10-16-30)40(27-31-17-13-14-29(3)25-31)37(42)28-41(34-18-11-12-19-36(34)46-6-2)48(44,45)33-22-20-32(47-4)21-23-33/h8-23,25,35H,5-7,24,26-28H2,1-4H3,(H,39,43). The number of carbonyl (C=O) groups is 2. The molecule has 4 aromatic carbocycles. The van der Waals surface area contributed by atoms with Crippen LogP contribution in [0.15, 0.2) is 113 Å². The molecule has 0 heterocycles. The molecule has 4 rings (SSSR count). The van der Waals surface area contributed by atoms with E-state index >= 15 is 0 Å². The van der Waals surface area contributed by atoms with Crippen LogP contribution in [0.2, 0.25) is 0 Å². The van der Waals surface area contributed by atoms with Gasteiger partial charge in [-0.1, -0.05) is 85.6 Å². The van der Waals surface area contributed by atoms with Crippen LogP contribution < -0.4 is 14.4 Å². The minimum Gasteiger partial charge on any atom is -0.492 e. The summed E-state index contributed by atoms with van der Waals surface area (Å²) in [4.78, 5) is 31.1. The number of thioether (sulfide) groups is 1. The number of nitrogens with zero attached hydrogens (tertiary/aromatic N) is 2. The average Bonchev–Trinajstić information content (AvgIpc) is 3.09. The maximum absolute atomic E-state index is 14.7. The van der Waals surface area contributed by atoms with Gasteiger partial charge >= 0.3 is 0 Å². The highest BCUT2D eigenvalue weighted by Gasteiger charge is 2.35. The van der Waals surface area contributed by atoms with Crippen LogP contribution >= 0.6 is 11.8 Å². The highest BCUT2D eigenvalue weighted by molar-refractivity contribution is 7.98. The van der Waals surface area contributed by atoms with Crippen LogP contribution in [0.5, 0.6) is 5.75 Å². The van der Waals surface area contributed by atoms with Crippen LogP contribution in [0.4, 0.5) is 5.69 Å². The molecule has 0 saturated carbocycles.